The number of hydrogen-bond acceptors (Lipinski definition) is 8. The molecule has 1 aliphatic rings. The van der Waals surface area contributed by atoms with Crippen LogP contribution in [0.5, 0.6) is 11.5 Å². The summed E-state index contributed by atoms with van der Waals surface area (Å²) < 4.78 is 12.3. The number of nitrogens with zero attached hydrogens (tertiary/aromatic N) is 4. The van der Waals surface area contributed by atoms with Crippen molar-refractivity contribution in [3.8, 4) is 11.5 Å². The molecule has 4 aromatic rings. The Labute approximate surface area is 186 Å². The third-order valence-electron chi connectivity index (χ3n) is 4.73. The Morgan fingerprint density at radius 2 is 1.88 bits per heavy atom. The van der Waals surface area contributed by atoms with Gasteiger partial charge >= 0.3 is 0 Å². The summed E-state index contributed by atoms with van der Waals surface area (Å²) in [5.74, 6) is 1.16. The lowest BCUT2D eigenvalue weighted by molar-refractivity contribution is -0.113. The van der Waals surface area contributed by atoms with E-state index in [9.17, 15) is 9.59 Å². The Morgan fingerprint density at radius 3 is 2.75 bits per heavy atom. The average molecular weight is 447 g/mol. The minimum Gasteiger partial charge on any atom is -0.454 e. The summed E-state index contributed by atoms with van der Waals surface area (Å²) in [6.07, 6.45) is 2.93. The van der Waals surface area contributed by atoms with Crippen molar-refractivity contribution in [3.63, 3.8) is 0 Å². The van der Waals surface area contributed by atoms with Crippen LogP contribution in [-0.2, 0) is 11.3 Å². The van der Waals surface area contributed by atoms with E-state index in [0.717, 1.165) is 17.3 Å². The Bertz CT molecular complexity index is 1360. The van der Waals surface area contributed by atoms with Crippen LogP contribution < -0.4 is 20.3 Å². The Balaban J connectivity index is 1.44. The lowest BCUT2D eigenvalue weighted by Crippen LogP contribution is -2.25. The molecule has 1 aliphatic heterocycles. The minimum atomic E-state index is -0.327. The molecule has 0 bridgehead atoms. The SMILES string of the molecule is O=C(CSc1nc2nccnc2c(=O)n1Cc1ccc2c(c1)OCO2)Nc1ccccc1. The molecule has 0 saturated carbocycles. The molecular weight excluding hydrogens is 430 g/mol. The third kappa shape index (κ3) is 4.12. The molecular formula is C22H17N5O4S. The highest BCUT2D eigenvalue weighted by molar-refractivity contribution is 7.99. The highest BCUT2D eigenvalue weighted by Gasteiger charge is 2.18. The van der Waals surface area contributed by atoms with Crippen molar-refractivity contribution in [2.24, 2.45) is 0 Å². The van der Waals surface area contributed by atoms with Crippen molar-refractivity contribution in [3.05, 3.63) is 76.8 Å². The zero-order valence-electron chi connectivity index (χ0n) is 16.7. The second-order valence-corrected chi connectivity index (χ2v) is 7.85. The zero-order valence-corrected chi connectivity index (χ0v) is 17.5. The topological polar surface area (TPSA) is 108 Å². The number of thioether (sulfide) groups is 1. The Morgan fingerprint density at radius 1 is 1.06 bits per heavy atom. The van der Waals surface area contributed by atoms with Gasteiger partial charge < -0.3 is 14.8 Å². The maximum atomic E-state index is 13.2. The van der Waals surface area contributed by atoms with E-state index in [1.165, 1.54) is 17.0 Å². The number of aromatic nitrogens is 4. The van der Waals surface area contributed by atoms with Crippen molar-refractivity contribution in [1.82, 2.24) is 19.5 Å². The van der Waals surface area contributed by atoms with Gasteiger partial charge in [0.05, 0.1) is 12.3 Å². The molecule has 1 N–H and O–H groups in total. The molecule has 2 aromatic carbocycles. The van der Waals surface area contributed by atoms with Crippen molar-refractivity contribution in [2.45, 2.75) is 11.7 Å². The maximum absolute atomic E-state index is 13.2. The van der Waals surface area contributed by atoms with E-state index in [2.05, 4.69) is 20.3 Å². The normalized spacial score (nSPS) is 12.1. The van der Waals surface area contributed by atoms with Gasteiger partial charge in [-0.15, -0.1) is 0 Å². The van der Waals surface area contributed by atoms with E-state index in [4.69, 9.17) is 9.47 Å². The number of nitrogens with one attached hydrogen (secondary N) is 1. The summed E-state index contributed by atoms with van der Waals surface area (Å²) in [4.78, 5) is 38.4. The summed E-state index contributed by atoms with van der Waals surface area (Å²) in [6, 6.07) is 14.7. The van der Waals surface area contributed by atoms with Gasteiger partial charge in [-0.3, -0.25) is 14.2 Å². The van der Waals surface area contributed by atoms with Crippen LogP contribution in [0.3, 0.4) is 0 Å². The van der Waals surface area contributed by atoms with Crippen LogP contribution in [0.2, 0.25) is 0 Å². The molecule has 0 spiro atoms. The average Bonchev–Trinajstić information content (AvgIpc) is 3.28. The van der Waals surface area contributed by atoms with Crippen LogP contribution in [0.4, 0.5) is 5.69 Å². The number of benzene rings is 2. The van der Waals surface area contributed by atoms with Crippen molar-refractivity contribution < 1.29 is 14.3 Å². The largest absolute Gasteiger partial charge is 0.454 e. The zero-order chi connectivity index (χ0) is 21.9. The lowest BCUT2D eigenvalue weighted by Gasteiger charge is -2.13. The van der Waals surface area contributed by atoms with Crippen LogP contribution in [0.25, 0.3) is 11.2 Å². The number of fused-ring (bicyclic) bond motifs is 2. The van der Waals surface area contributed by atoms with Crippen molar-refractivity contribution >= 4 is 34.5 Å². The van der Waals surface area contributed by atoms with Crippen LogP contribution in [0, 0.1) is 0 Å². The van der Waals surface area contributed by atoms with E-state index in [-0.39, 0.29) is 41.7 Å². The van der Waals surface area contributed by atoms with Gasteiger partial charge in [-0.05, 0) is 29.8 Å². The highest BCUT2D eigenvalue weighted by Crippen LogP contribution is 2.33. The van der Waals surface area contributed by atoms with Gasteiger partial charge in [-0.25, -0.2) is 15.0 Å². The second-order valence-electron chi connectivity index (χ2n) is 6.90. The number of rotatable bonds is 6. The van der Waals surface area contributed by atoms with Gasteiger partial charge in [0.1, 0.15) is 0 Å². The predicted octanol–water partition coefficient (Wildman–Crippen LogP) is 2.69. The number of para-hydroxylation sites is 1. The van der Waals surface area contributed by atoms with Gasteiger partial charge in [-0.1, -0.05) is 36.0 Å². The first-order valence-electron chi connectivity index (χ1n) is 9.75. The van der Waals surface area contributed by atoms with E-state index >= 15 is 0 Å². The van der Waals surface area contributed by atoms with Gasteiger partial charge in [0, 0.05) is 18.1 Å². The first kappa shape index (κ1) is 20.0. The van der Waals surface area contributed by atoms with E-state index in [1.807, 2.05) is 42.5 Å². The number of ether oxygens (including phenoxy) is 2. The number of carbonyl (C=O) groups excluding carboxylic acids is 1. The molecule has 1 amide bonds. The number of carbonyl (C=O) groups is 1. The molecule has 0 fully saturated rings. The fourth-order valence-electron chi connectivity index (χ4n) is 3.25. The first-order chi connectivity index (χ1) is 15.7. The van der Waals surface area contributed by atoms with Crippen LogP contribution in [0.1, 0.15) is 5.56 Å². The molecule has 32 heavy (non-hydrogen) atoms. The number of hydrogen-bond donors (Lipinski definition) is 1. The first-order valence-corrected chi connectivity index (χ1v) is 10.7. The summed E-state index contributed by atoms with van der Waals surface area (Å²) in [7, 11) is 0. The lowest BCUT2D eigenvalue weighted by atomic mass is 10.2. The van der Waals surface area contributed by atoms with Gasteiger partial charge in [0.2, 0.25) is 12.7 Å². The quantitative estimate of drug-likeness (QED) is 0.355. The van der Waals surface area contributed by atoms with Gasteiger partial charge in [0.25, 0.3) is 5.56 Å². The smallest absolute Gasteiger partial charge is 0.282 e. The molecule has 0 unspecified atom stereocenters. The molecule has 5 rings (SSSR count). The summed E-state index contributed by atoms with van der Waals surface area (Å²) in [5, 5.41) is 3.21. The van der Waals surface area contributed by atoms with Crippen LogP contribution in [-0.4, -0.2) is 38.0 Å². The van der Waals surface area contributed by atoms with E-state index < -0.39 is 0 Å². The summed E-state index contributed by atoms with van der Waals surface area (Å²) in [5.41, 5.74) is 1.62. The molecule has 0 saturated heterocycles. The third-order valence-corrected chi connectivity index (χ3v) is 5.70. The van der Waals surface area contributed by atoms with Crippen LogP contribution >= 0.6 is 11.8 Å². The predicted molar refractivity (Wildman–Crippen MR) is 119 cm³/mol. The fraction of sp³-hybridized carbons (Fsp3) is 0.136. The molecule has 0 atom stereocenters. The molecule has 3 heterocycles. The molecule has 0 radical (unpaired) electrons. The Kier molecular flexibility index (Phi) is 5.42. The molecule has 160 valence electrons. The van der Waals surface area contributed by atoms with Gasteiger partial charge in [0.15, 0.2) is 27.8 Å². The maximum Gasteiger partial charge on any atom is 0.282 e. The Hall–Kier alpha value is -3.92. The molecule has 9 nitrogen and oxygen atoms in total. The van der Waals surface area contributed by atoms with E-state index in [0.29, 0.717) is 22.3 Å². The highest BCUT2D eigenvalue weighted by atomic mass is 32.2. The standard InChI is InChI=1S/C22H17N5O4S/c28-18(25-15-4-2-1-3-5-15)12-32-22-26-20-19(23-8-9-24-20)21(29)27(22)11-14-6-7-16-17(10-14)31-13-30-16/h1-10H,11-13H2,(H,25,28). The number of amides is 1. The van der Waals surface area contributed by atoms with Gasteiger partial charge in [-0.2, -0.15) is 0 Å². The second kappa shape index (κ2) is 8.67. The summed E-state index contributed by atoms with van der Waals surface area (Å²) >= 11 is 1.16. The van der Waals surface area contributed by atoms with Crippen molar-refractivity contribution in [1.29, 1.82) is 0 Å². The fourth-order valence-corrected chi connectivity index (χ4v) is 4.04. The molecule has 10 heteroatoms. The monoisotopic (exact) mass is 447 g/mol. The van der Waals surface area contributed by atoms with E-state index in [1.54, 1.807) is 6.07 Å². The van der Waals surface area contributed by atoms with Crippen LogP contribution in [0.15, 0.2) is 70.9 Å². The minimum absolute atomic E-state index is 0.0776. The van der Waals surface area contributed by atoms with Crippen molar-refractivity contribution in [2.75, 3.05) is 17.9 Å². The molecule has 0 aliphatic carbocycles. The summed E-state index contributed by atoms with van der Waals surface area (Å²) in [6.45, 7) is 0.404. The molecule has 2 aromatic heterocycles. The number of anilines is 1.